The molecule has 0 unspecified atom stereocenters. The van der Waals surface area contributed by atoms with Gasteiger partial charge in [0.15, 0.2) is 16.6 Å². The summed E-state index contributed by atoms with van der Waals surface area (Å²) in [6.45, 7) is 26.2. The third kappa shape index (κ3) is 8.29. The SMILES string of the molecule is C#CC[C@H](C)[C@H](CCCCO[Si](C)(C)C(C)(C)C)O[Si](C)(C)C(C)(C)C. The summed E-state index contributed by atoms with van der Waals surface area (Å²) in [5.74, 6) is 3.24. The molecule has 0 aromatic carbocycles. The highest BCUT2D eigenvalue weighted by Gasteiger charge is 2.40. The van der Waals surface area contributed by atoms with E-state index >= 15 is 0 Å². The van der Waals surface area contributed by atoms with Crippen molar-refractivity contribution >= 4 is 16.6 Å². The van der Waals surface area contributed by atoms with Gasteiger partial charge < -0.3 is 8.85 Å². The highest BCUT2D eigenvalue weighted by molar-refractivity contribution is 6.74. The van der Waals surface area contributed by atoms with E-state index in [1.54, 1.807) is 0 Å². The fourth-order valence-corrected chi connectivity index (χ4v) is 4.87. The number of hydrogen-bond donors (Lipinski definition) is 0. The first-order valence-corrected chi connectivity index (χ1v) is 16.1. The van der Waals surface area contributed by atoms with Crippen molar-refractivity contribution in [2.24, 2.45) is 5.92 Å². The Labute approximate surface area is 167 Å². The Morgan fingerprint density at radius 3 is 1.81 bits per heavy atom. The molecule has 0 fully saturated rings. The van der Waals surface area contributed by atoms with Gasteiger partial charge in [0.05, 0.1) is 0 Å². The number of rotatable bonds is 10. The van der Waals surface area contributed by atoms with Crippen LogP contribution in [0, 0.1) is 18.3 Å². The maximum absolute atomic E-state index is 6.73. The Balaban J connectivity index is 4.66. The van der Waals surface area contributed by atoms with Crippen LogP contribution < -0.4 is 0 Å². The monoisotopic (exact) mass is 398 g/mol. The zero-order valence-electron chi connectivity index (χ0n) is 19.6. The van der Waals surface area contributed by atoms with Crippen molar-refractivity contribution in [2.75, 3.05) is 6.61 Å². The summed E-state index contributed by atoms with van der Waals surface area (Å²) in [7, 11) is -3.41. The molecule has 0 N–H and O–H groups in total. The van der Waals surface area contributed by atoms with Crippen LogP contribution in [0.15, 0.2) is 0 Å². The molecule has 0 saturated heterocycles. The normalized spacial score (nSPS) is 16.2. The fourth-order valence-electron chi connectivity index (χ4n) is 2.32. The van der Waals surface area contributed by atoms with Crippen LogP contribution >= 0.6 is 0 Å². The van der Waals surface area contributed by atoms with Crippen LogP contribution in [0.25, 0.3) is 0 Å². The molecular weight excluding hydrogens is 352 g/mol. The Bertz CT molecular complexity index is 450. The van der Waals surface area contributed by atoms with Gasteiger partial charge in [0.25, 0.3) is 0 Å². The van der Waals surface area contributed by atoms with E-state index in [9.17, 15) is 0 Å². The van der Waals surface area contributed by atoms with E-state index in [2.05, 4.69) is 80.6 Å². The summed E-state index contributed by atoms with van der Waals surface area (Å²) < 4.78 is 13.0. The quantitative estimate of drug-likeness (QED) is 0.219. The molecule has 2 nitrogen and oxygen atoms in total. The second-order valence-corrected chi connectivity index (χ2v) is 20.5. The van der Waals surface area contributed by atoms with Crippen LogP contribution in [0.5, 0.6) is 0 Å². The van der Waals surface area contributed by atoms with Gasteiger partial charge >= 0.3 is 0 Å². The molecule has 0 bridgehead atoms. The Morgan fingerprint density at radius 2 is 1.38 bits per heavy atom. The Hall–Kier alpha value is -0.0862. The number of unbranched alkanes of at least 4 members (excludes halogenated alkanes) is 1. The molecule has 0 aromatic heterocycles. The molecule has 0 saturated carbocycles. The smallest absolute Gasteiger partial charge is 0.192 e. The van der Waals surface area contributed by atoms with Gasteiger partial charge in [-0.05, 0) is 61.4 Å². The van der Waals surface area contributed by atoms with Crippen LogP contribution in [0.1, 0.15) is 74.1 Å². The van der Waals surface area contributed by atoms with Crippen molar-refractivity contribution in [1.82, 2.24) is 0 Å². The maximum atomic E-state index is 6.73. The van der Waals surface area contributed by atoms with Crippen LogP contribution in [-0.4, -0.2) is 29.3 Å². The average Bonchev–Trinajstić information content (AvgIpc) is 2.43. The van der Waals surface area contributed by atoms with Gasteiger partial charge in [-0.3, -0.25) is 0 Å². The molecule has 0 aliphatic rings. The predicted octanol–water partition coefficient (Wildman–Crippen LogP) is 7.23. The molecule has 0 spiro atoms. The molecule has 0 aliphatic carbocycles. The van der Waals surface area contributed by atoms with E-state index in [-0.39, 0.29) is 16.2 Å². The lowest BCUT2D eigenvalue weighted by Gasteiger charge is -2.41. The van der Waals surface area contributed by atoms with Crippen LogP contribution in [0.2, 0.25) is 36.3 Å². The highest BCUT2D eigenvalue weighted by atomic mass is 28.4. The van der Waals surface area contributed by atoms with Crippen molar-refractivity contribution in [2.45, 2.75) is 117 Å². The van der Waals surface area contributed by atoms with Gasteiger partial charge in [-0.15, -0.1) is 12.3 Å². The molecule has 154 valence electrons. The molecule has 0 rings (SSSR count). The summed E-state index contributed by atoms with van der Waals surface area (Å²) in [5, 5.41) is 0.509. The molecule has 0 aromatic rings. The van der Waals surface area contributed by atoms with E-state index in [0.717, 1.165) is 32.3 Å². The predicted molar refractivity (Wildman–Crippen MR) is 122 cm³/mol. The highest BCUT2D eigenvalue weighted by Crippen LogP contribution is 2.39. The minimum atomic E-state index is -1.78. The van der Waals surface area contributed by atoms with E-state index in [1.807, 2.05) is 0 Å². The molecule has 0 radical (unpaired) electrons. The van der Waals surface area contributed by atoms with E-state index in [0.29, 0.717) is 5.92 Å². The van der Waals surface area contributed by atoms with Gasteiger partial charge in [-0.2, -0.15) is 0 Å². The third-order valence-electron chi connectivity index (χ3n) is 6.48. The van der Waals surface area contributed by atoms with Crippen molar-refractivity contribution in [3.05, 3.63) is 0 Å². The number of terminal acetylenes is 1. The summed E-state index contributed by atoms with van der Waals surface area (Å²) in [6, 6.07) is 0. The first-order chi connectivity index (χ1) is 11.5. The second-order valence-electron chi connectivity index (χ2n) is 10.9. The van der Waals surface area contributed by atoms with Crippen LogP contribution in [-0.2, 0) is 8.85 Å². The molecule has 4 heteroatoms. The van der Waals surface area contributed by atoms with Crippen molar-refractivity contribution in [1.29, 1.82) is 0 Å². The molecule has 0 aliphatic heterocycles. The summed E-state index contributed by atoms with van der Waals surface area (Å²) in [5.41, 5.74) is 0. The lowest BCUT2D eigenvalue weighted by molar-refractivity contribution is 0.114. The molecular formula is C22H46O2Si2. The minimum absolute atomic E-state index is 0.229. The van der Waals surface area contributed by atoms with Gasteiger partial charge in [0.1, 0.15) is 0 Å². The van der Waals surface area contributed by atoms with Gasteiger partial charge in [-0.25, -0.2) is 0 Å². The third-order valence-corrected chi connectivity index (χ3v) is 15.5. The Morgan fingerprint density at radius 1 is 0.885 bits per heavy atom. The van der Waals surface area contributed by atoms with Crippen LogP contribution in [0.4, 0.5) is 0 Å². The largest absolute Gasteiger partial charge is 0.417 e. The molecule has 26 heavy (non-hydrogen) atoms. The van der Waals surface area contributed by atoms with Crippen molar-refractivity contribution in [3.63, 3.8) is 0 Å². The standard InChI is InChI=1S/C22H46O2Si2/c1-13-16-19(2)20(24-26(11,12)22(6,7)8)17-14-15-18-23-25(9,10)21(3,4)5/h1,19-20H,14-18H2,2-12H3/t19-,20-/m0/s1. The van der Waals surface area contributed by atoms with Gasteiger partial charge in [0.2, 0.25) is 0 Å². The van der Waals surface area contributed by atoms with Crippen LogP contribution in [0.3, 0.4) is 0 Å². The van der Waals surface area contributed by atoms with E-state index in [1.165, 1.54) is 0 Å². The van der Waals surface area contributed by atoms with Gasteiger partial charge in [0, 0.05) is 19.1 Å². The topological polar surface area (TPSA) is 18.5 Å². The number of hydrogen-bond acceptors (Lipinski definition) is 2. The first-order valence-electron chi connectivity index (χ1n) is 10.3. The molecule has 0 heterocycles. The summed E-state index contributed by atoms with van der Waals surface area (Å²) in [6.07, 6.45) is 9.95. The zero-order valence-corrected chi connectivity index (χ0v) is 21.6. The second kappa shape index (κ2) is 9.91. The minimum Gasteiger partial charge on any atom is -0.417 e. The Kier molecular flexibility index (Phi) is 9.88. The lowest BCUT2D eigenvalue weighted by atomic mass is 9.97. The van der Waals surface area contributed by atoms with Crippen molar-refractivity contribution < 1.29 is 8.85 Å². The van der Waals surface area contributed by atoms with E-state index < -0.39 is 16.6 Å². The van der Waals surface area contributed by atoms with E-state index in [4.69, 9.17) is 15.3 Å². The summed E-state index contributed by atoms with van der Waals surface area (Å²) >= 11 is 0. The zero-order chi connectivity index (χ0) is 20.8. The summed E-state index contributed by atoms with van der Waals surface area (Å²) in [4.78, 5) is 0. The fraction of sp³-hybridized carbons (Fsp3) is 0.909. The molecule has 2 atom stereocenters. The van der Waals surface area contributed by atoms with Gasteiger partial charge in [-0.1, -0.05) is 48.5 Å². The molecule has 0 amide bonds. The average molecular weight is 399 g/mol. The first kappa shape index (κ1) is 25.9. The van der Waals surface area contributed by atoms with Crippen molar-refractivity contribution in [3.8, 4) is 12.3 Å². The maximum Gasteiger partial charge on any atom is 0.192 e. The lowest BCUT2D eigenvalue weighted by Crippen LogP contribution is -2.45.